The van der Waals surface area contributed by atoms with Crippen molar-refractivity contribution in [3.8, 4) is 6.07 Å². The summed E-state index contributed by atoms with van der Waals surface area (Å²) >= 11 is 12.5. The van der Waals surface area contributed by atoms with Crippen molar-refractivity contribution >= 4 is 45.9 Å². The van der Waals surface area contributed by atoms with Gasteiger partial charge in [-0.15, -0.1) is 0 Å². The third kappa shape index (κ3) is 3.08. The molecule has 0 aliphatic rings. The van der Waals surface area contributed by atoms with Crippen molar-refractivity contribution < 1.29 is 14.3 Å². The molecule has 5 nitrogen and oxygen atoms in total. The Bertz CT molecular complexity index is 1160. The lowest BCUT2D eigenvalue weighted by molar-refractivity contribution is 0.0601. The zero-order valence-corrected chi connectivity index (χ0v) is 16.3. The third-order valence-electron chi connectivity index (χ3n) is 4.45. The Morgan fingerprint density at radius 2 is 1.89 bits per heavy atom. The second-order valence-corrected chi connectivity index (χ2v) is 6.82. The van der Waals surface area contributed by atoms with Crippen molar-refractivity contribution in [3.63, 3.8) is 0 Å². The number of carbonyl (C=O) groups is 2. The van der Waals surface area contributed by atoms with E-state index in [2.05, 4.69) is 6.07 Å². The molecule has 0 bridgehead atoms. The number of aryl methyl sites for hydroxylation is 2. The highest BCUT2D eigenvalue weighted by Crippen LogP contribution is 2.33. The number of carbonyl (C=O) groups excluding carboxylic acids is 2. The molecular formula is C20H14Cl2N2O3. The SMILES string of the molecule is COC(=O)c1ccc(Cl)c(C(=O)c2cc3c(C)cc(C#N)cc3n2C)c1Cl. The summed E-state index contributed by atoms with van der Waals surface area (Å²) in [6, 6.07) is 10.2. The standard InChI is InChI=1S/C20H14Cl2N2O3/c1-10-6-11(9-23)7-15-13(10)8-16(24(15)2)19(25)17-14(21)5-4-12(18(17)22)20(26)27-3/h4-8H,1-3H3. The van der Waals surface area contributed by atoms with E-state index in [9.17, 15) is 14.9 Å². The summed E-state index contributed by atoms with van der Waals surface area (Å²) in [5, 5.41) is 10.1. The van der Waals surface area contributed by atoms with Gasteiger partial charge in [0.2, 0.25) is 5.78 Å². The van der Waals surface area contributed by atoms with Gasteiger partial charge in [0.15, 0.2) is 0 Å². The maximum atomic E-state index is 13.2. The van der Waals surface area contributed by atoms with Gasteiger partial charge in [-0.3, -0.25) is 4.79 Å². The summed E-state index contributed by atoms with van der Waals surface area (Å²) in [4.78, 5) is 25.1. The molecule has 0 saturated carbocycles. The van der Waals surface area contributed by atoms with E-state index in [0.29, 0.717) is 11.3 Å². The Hall–Kier alpha value is -2.81. The van der Waals surface area contributed by atoms with Gasteiger partial charge in [0.05, 0.1) is 45.6 Å². The zero-order chi connectivity index (χ0) is 19.9. The molecule has 1 aromatic heterocycles. The molecule has 0 N–H and O–H groups in total. The Balaban J connectivity index is 2.23. The summed E-state index contributed by atoms with van der Waals surface area (Å²) in [5.74, 6) is -1.08. The van der Waals surface area contributed by atoms with E-state index in [1.54, 1.807) is 29.8 Å². The molecule has 3 rings (SSSR count). The fourth-order valence-electron chi connectivity index (χ4n) is 3.05. The fraction of sp³-hybridized carbons (Fsp3) is 0.150. The molecule has 1 heterocycles. The van der Waals surface area contributed by atoms with Crippen molar-refractivity contribution in [2.45, 2.75) is 6.92 Å². The van der Waals surface area contributed by atoms with Crippen LogP contribution in [-0.4, -0.2) is 23.4 Å². The van der Waals surface area contributed by atoms with Crippen LogP contribution >= 0.6 is 23.2 Å². The zero-order valence-electron chi connectivity index (χ0n) is 14.8. The maximum absolute atomic E-state index is 13.2. The molecule has 0 atom stereocenters. The molecule has 3 aromatic rings. The summed E-state index contributed by atoms with van der Waals surface area (Å²) in [6.45, 7) is 1.87. The molecule has 27 heavy (non-hydrogen) atoms. The van der Waals surface area contributed by atoms with Gasteiger partial charge in [0, 0.05) is 18.0 Å². The molecular weight excluding hydrogens is 387 g/mol. The number of ketones is 1. The highest BCUT2D eigenvalue weighted by atomic mass is 35.5. The summed E-state index contributed by atoms with van der Waals surface area (Å²) in [5.41, 5.74) is 2.56. The predicted molar refractivity (Wildman–Crippen MR) is 104 cm³/mol. The molecule has 0 saturated heterocycles. The van der Waals surface area contributed by atoms with E-state index in [4.69, 9.17) is 27.9 Å². The molecule has 2 aromatic carbocycles. The summed E-state index contributed by atoms with van der Waals surface area (Å²) in [6.07, 6.45) is 0. The van der Waals surface area contributed by atoms with Crippen LogP contribution in [0.3, 0.4) is 0 Å². The minimum atomic E-state index is -0.655. The van der Waals surface area contributed by atoms with Crippen molar-refractivity contribution in [2.75, 3.05) is 7.11 Å². The molecule has 0 unspecified atom stereocenters. The number of nitrogens with zero attached hydrogens (tertiary/aromatic N) is 2. The van der Waals surface area contributed by atoms with E-state index >= 15 is 0 Å². The van der Waals surface area contributed by atoms with E-state index in [1.165, 1.54) is 19.2 Å². The molecule has 0 radical (unpaired) electrons. The lowest BCUT2D eigenvalue weighted by Crippen LogP contribution is -2.11. The van der Waals surface area contributed by atoms with Gasteiger partial charge in [0.1, 0.15) is 0 Å². The number of hydrogen-bond donors (Lipinski definition) is 0. The predicted octanol–water partition coefficient (Wildman–Crippen LogP) is 4.68. The summed E-state index contributed by atoms with van der Waals surface area (Å²) in [7, 11) is 2.95. The number of esters is 1. The van der Waals surface area contributed by atoms with Gasteiger partial charge in [-0.2, -0.15) is 5.26 Å². The van der Waals surface area contributed by atoms with Crippen LogP contribution in [0.1, 0.15) is 37.5 Å². The highest BCUT2D eigenvalue weighted by molar-refractivity contribution is 6.42. The van der Waals surface area contributed by atoms with Crippen LogP contribution in [0, 0.1) is 18.3 Å². The van der Waals surface area contributed by atoms with Gasteiger partial charge in [-0.1, -0.05) is 23.2 Å². The van der Waals surface area contributed by atoms with Crippen LogP contribution in [0.4, 0.5) is 0 Å². The van der Waals surface area contributed by atoms with E-state index in [1.807, 2.05) is 6.92 Å². The van der Waals surface area contributed by atoms with Crippen LogP contribution in [-0.2, 0) is 11.8 Å². The van der Waals surface area contributed by atoms with E-state index in [0.717, 1.165) is 16.5 Å². The lowest BCUT2D eigenvalue weighted by Gasteiger charge is -2.10. The third-order valence-corrected chi connectivity index (χ3v) is 5.16. The van der Waals surface area contributed by atoms with Crippen LogP contribution < -0.4 is 0 Å². The molecule has 7 heteroatoms. The van der Waals surface area contributed by atoms with Gasteiger partial charge < -0.3 is 9.30 Å². The monoisotopic (exact) mass is 400 g/mol. The fourth-order valence-corrected chi connectivity index (χ4v) is 3.67. The lowest BCUT2D eigenvalue weighted by atomic mass is 10.0. The largest absolute Gasteiger partial charge is 0.465 e. The van der Waals surface area contributed by atoms with Gasteiger partial charge in [-0.25, -0.2) is 4.79 Å². The molecule has 136 valence electrons. The smallest absolute Gasteiger partial charge is 0.339 e. The minimum absolute atomic E-state index is 0.0327. The average Bonchev–Trinajstić information content (AvgIpc) is 2.98. The number of ether oxygens (including phenoxy) is 1. The normalized spacial score (nSPS) is 10.7. The topological polar surface area (TPSA) is 72.1 Å². The first-order valence-corrected chi connectivity index (χ1v) is 8.67. The maximum Gasteiger partial charge on any atom is 0.339 e. The Morgan fingerprint density at radius 1 is 1.19 bits per heavy atom. The first kappa shape index (κ1) is 19.0. The van der Waals surface area contributed by atoms with Crippen molar-refractivity contribution in [1.82, 2.24) is 4.57 Å². The molecule has 0 amide bonds. The minimum Gasteiger partial charge on any atom is -0.465 e. The Kier molecular flexibility index (Phi) is 4.97. The number of aromatic nitrogens is 1. The van der Waals surface area contributed by atoms with Crippen molar-refractivity contribution in [1.29, 1.82) is 5.26 Å². The molecule has 0 fully saturated rings. The Labute approximate surface area is 165 Å². The number of methoxy groups -OCH3 is 1. The molecule has 0 spiro atoms. The highest BCUT2D eigenvalue weighted by Gasteiger charge is 2.25. The number of halogens is 2. The molecule has 0 aliphatic heterocycles. The summed E-state index contributed by atoms with van der Waals surface area (Å²) < 4.78 is 6.38. The second-order valence-electron chi connectivity index (χ2n) is 6.03. The number of rotatable bonds is 3. The van der Waals surface area contributed by atoms with Crippen molar-refractivity contribution in [2.24, 2.45) is 7.05 Å². The number of hydrogen-bond acceptors (Lipinski definition) is 4. The number of nitriles is 1. The van der Waals surface area contributed by atoms with Crippen LogP contribution in [0.25, 0.3) is 10.9 Å². The quantitative estimate of drug-likeness (QED) is 0.472. The van der Waals surface area contributed by atoms with Crippen LogP contribution in [0.2, 0.25) is 10.0 Å². The van der Waals surface area contributed by atoms with Gasteiger partial charge >= 0.3 is 5.97 Å². The first-order valence-electron chi connectivity index (χ1n) is 7.91. The second kappa shape index (κ2) is 7.07. The van der Waals surface area contributed by atoms with Crippen LogP contribution in [0.15, 0.2) is 30.3 Å². The van der Waals surface area contributed by atoms with E-state index in [-0.39, 0.29) is 21.2 Å². The number of fused-ring (bicyclic) bond motifs is 1. The van der Waals surface area contributed by atoms with E-state index < -0.39 is 11.8 Å². The first-order chi connectivity index (χ1) is 12.8. The van der Waals surface area contributed by atoms with Crippen LogP contribution in [0.5, 0.6) is 0 Å². The Morgan fingerprint density at radius 3 is 2.52 bits per heavy atom. The molecule has 0 aliphatic carbocycles. The number of benzene rings is 2. The average molecular weight is 401 g/mol. The van der Waals surface area contributed by atoms with Gasteiger partial charge in [-0.05, 0) is 42.8 Å². The van der Waals surface area contributed by atoms with Crippen molar-refractivity contribution in [3.05, 3.63) is 68.3 Å². The van der Waals surface area contributed by atoms with Gasteiger partial charge in [0.25, 0.3) is 0 Å².